The minimum absolute atomic E-state index is 0.236. The monoisotopic (exact) mass is 464 g/mol. The number of hydrogen-bond acceptors (Lipinski definition) is 1. The fraction of sp³-hybridized carbons (Fsp3) is 0.625. The van der Waals surface area contributed by atoms with Crippen LogP contribution in [0, 0.1) is 0 Å². The van der Waals surface area contributed by atoms with Crippen LogP contribution >= 0.6 is 0 Å². The minimum atomic E-state index is -2.48. The third-order valence-electron chi connectivity index (χ3n) is 5.59. The van der Waals surface area contributed by atoms with Crippen molar-refractivity contribution >= 4 is 24.2 Å². The van der Waals surface area contributed by atoms with Crippen LogP contribution in [0.15, 0.2) is 40.0 Å². The molecule has 0 aliphatic rings. The van der Waals surface area contributed by atoms with Crippen molar-refractivity contribution in [2.75, 3.05) is 0 Å². The summed E-state index contributed by atoms with van der Waals surface area (Å²) in [6.07, 6.45) is 12.3. The van der Waals surface area contributed by atoms with Gasteiger partial charge in [0.15, 0.2) is 0 Å². The second-order valence-electron chi connectivity index (χ2n) is 7.74. The van der Waals surface area contributed by atoms with Crippen molar-refractivity contribution in [1.29, 1.82) is 0 Å². The molecule has 0 amide bonds. The van der Waals surface area contributed by atoms with Gasteiger partial charge in [0.05, 0.1) is 0 Å². The van der Waals surface area contributed by atoms with Crippen molar-refractivity contribution in [3.63, 3.8) is 0 Å². The molecule has 0 aromatic heterocycles. The quantitative estimate of drug-likeness (QED) is 0.155. The molecule has 0 atom stereocenters. The van der Waals surface area contributed by atoms with Crippen molar-refractivity contribution < 1.29 is 4.79 Å². The number of unbranched alkanes of at least 4 members (excludes halogenated alkanes) is 3. The van der Waals surface area contributed by atoms with Crippen LogP contribution in [0.4, 0.5) is 0 Å². The van der Waals surface area contributed by atoms with E-state index >= 15 is 0 Å². The molecule has 0 N–H and O–H groups in total. The van der Waals surface area contributed by atoms with Gasteiger partial charge in [-0.1, -0.05) is 0 Å². The Morgan fingerprint density at radius 1 is 0.808 bits per heavy atom. The molecule has 0 aliphatic carbocycles. The molecule has 0 heterocycles. The SMILES string of the molecule is CCC[CH2][Sn]([CH2]CCC)([CH2]CCC)/[C](=C/C(=O)c1ccccc1)CCC. The topological polar surface area (TPSA) is 17.1 Å². The van der Waals surface area contributed by atoms with E-state index in [1.807, 2.05) is 30.3 Å². The predicted molar refractivity (Wildman–Crippen MR) is 119 cm³/mol. The maximum absolute atomic E-state index is 13.0. The summed E-state index contributed by atoms with van der Waals surface area (Å²) in [4.78, 5) is 13.0. The van der Waals surface area contributed by atoms with Crippen LogP contribution in [0.3, 0.4) is 0 Å². The Kier molecular flexibility index (Phi) is 12.3. The summed E-state index contributed by atoms with van der Waals surface area (Å²) >= 11 is -2.48. The second-order valence-corrected chi connectivity index (χ2v) is 21.2. The number of benzene rings is 1. The average Bonchev–Trinajstić information content (AvgIpc) is 2.68. The Morgan fingerprint density at radius 3 is 1.73 bits per heavy atom. The Balaban J connectivity index is 3.25. The van der Waals surface area contributed by atoms with Gasteiger partial charge in [0.25, 0.3) is 0 Å². The van der Waals surface area contributed by atoms with Crippen molar-refractivity contribution in [2.45, 2.75) is 92.4 Å². The van der Waals surface area contributed by atoms with E-state index in [1.165, 1.54) is 51.8 Å². The first-order valence-corrected chi connectivity index (χ1v) is 18.4. The molecule has 0 bridgehead atoms. The van der Waals surface area contributed by atoms with Gasteiger partial charge in [-0.3, -0.25) is 0 Å². The molecule has 1 rings (SSSR count). The molecule has 0 radical (unpaired) electrons. The summed E-state index contributed by atoms with van der Waals surface area (Å²) in [5.74, 6) is 0.236. The zero-order chi connectivity index (χ0) is 19.3. The van der Waals surface area contributed by atoms with Gasteiger partial charge in [0, 0.05) is 0 Å². The number of rotatable bonds is 14. The molecule has 0 aliphatic heterocycles. The zero-order valence-corrected chi connectivity index (χ0v) is 20.5. The predicted octanol–water partition coefficient (Wildman–Crippen LogP) is 7.98. The molecule has 146 valence electrons. The Morgan fingerprint density at radius 2 is 1.31 bits per heavy atom. The Labute approximate surface area is 166 Å². The van der Waals surface area contributed by atoms with E-state index in [-0.39, 0.29) is 5.78 Å². The van der Waals surface area contributed by atoms with E-state index in [0.29, 0.717) is 0 Å². The van der Waals surface area contributed by atoms with Gasteiger partial charge in [-0.25, -0.2) is 0 Å². The van der Waals surface area contributed by atoms with E-state index in [4.69, 9.17) is 0 Å². The number of hydrogen-bond donors (Lipinski definition) is 0. The third kappa shape index (κ3) is 7.58. The molecule has 1 aromatic carbocycles. The van der Waals surface area contributed by atoms with Crippen LogP contribution in [-0.4, -0.2) is 24.2 Å². The first kappa shape index (κ1) is 23.5. The molecule has 0 fully saturated rings. The normalized spacial score (nSPS) is 12.4. The summed E-state index contributed by atoms with van der Waals surface area (Å²) in [6.45, 7) is 9.22. The van der Waals surface area contributed by atoms with Crippen LogP contribution in [0.5, 0.6) is 0 Å². The summed E-state index contributed by atoms with van der Waals surface area (Å²) in [7, 11) is 0. The molecule has 0 saturated carbocycles. The molecular formula is C24H40OSn. The summed E-state index contributed by atoms with van der Waals surface area (Å²) in [6, 6.07) is 9.86. The summed E-state index contributed by atoms with van der Waals surface area (Å²) < 4.78 is 5.96. The van der Waals surface area contributed by atoms with Crippen molar-refractivity contribution in [3.05, 3.63) is 45.6 Å². The number of allylic oxidation sites excluding steroid dienone is 2. The Bertz CT molecular complexity index is 511. The van der Waals surface area contributed by atoms with Crippen LogP contribution in [0.2, 0.25) is 13.3 Å². The molecule has 0 spiro atoms. The van der Waals surface area contributed by atoms with Gasteiger partial charge in [0.1, 0.15) is 0 Å². The van der Waals surface area contributed by atoms with Crippen molar-refractivity contribution in [2.24, 2.45) is 0 Å². The van der Waals surface area contributed by atoms with E-state index in [9.17, 15) is 4.79 Å². The second kappa shape index (κ2) is 13.6. The molecule has 26 heavy (non-hydrogen) atoms. The Hall–Kier alpha value is -0.571. The molecule has 0 unspecified atom stereocenters. The fourth-order valence-corrected chi connectivity index (χ4v) is 21.2. The van der Waals surface area contributed by atoms with Gasteiger partial charge in [-0.15, -0.1) is 0 Å². The van der Waals surface area contributed by atoms with Gasteiger partial charge < -0.3 is 0 Å². The number of carbonyl (C=O) groups excluding carboxylic acids is 1. The maximum atomic E-state index is 13.0. The van der Waals surface area contributed by atoms with Crippen molar-refractivity contribution in [3.8, 4) is 0 Å². The standard InChI is InChI=1S/C12H13O.3C4H9.Sn/c1-2-3-5-10-12(13)11-8-6-4-7-9-11;3*1-3-4-2;/h4,6-10H,2-3H2,1H3;3*1,3-4H2,2H3;. The van der Waals surface area contributed by atoms with E-state index < -0.39 is 18.4 Å². The molecular weight excluding hydrogens is 423 g/mol. The number of carbonyl (C=O) groups is 1. The third-order valence-corrected chi connectivity index (χ3v) is 21.8. The van der Waals surface area contributed by atoms with E-state index in [1.54, 1.807) is 3.59 Å². The molecule has 1 aromatic rings. The van der Waals surface area contributed by atoms with Crippen LogP contribution < -0.4 is 0 Å². The van der Waals surface area contributed by atoms with Crippen LogP contribution in [0.1, 0.15) is 89.4 Å². The fourth-order valence-electron chi connectivity index (χ4n) is 4.01. The van der Waals surface area contributed by atoms with Crippen molar-refractivity contribution in [1.82, 2.24) is 0 Å². The summed E-state index contributed by atoms with van der Waals surface area (Å²) in [5, 5.41) is 0. The average molecular weight is 463 g/mol. The van der Waals surface area contributed by atoms with E-state index in [2.05, 4.69) is 33.8 Å². The van der Waals surface area contributed by atoms with Crippen LogP contribution in [0.25, 0.3) is 0 Å². The first-order valence-electron chi connectivity index (χ1n) is 10.9. The summed E-state index contributed by atoms with van der Waals surface area (Å²) in [5.41, 5.74) is 0.850. The van der Waals surface area contributed by atoms with Crippen LogP contribution in [-0.2, 0) is 0 Å². The molecule has 2 heteroatoms. The molecule has 0 saturated heterocycles. The van der Waals surface area contributed by atoms with Gasteiger partial charge in [0.2, 0.25) is 0 Å². The van der Waals surface area contributed by atoms with E-state index in [0.717, 1.165) is 18.4 Å². The first-order chi connectivity index (χ1) is 12.6. The van der Waals surface area contributed by atoms with Gasteiger partial charge in [-0.05, 0) is 0 Å². The zero-order valence-electron chi connectivity index (χ0n) is 17.7. The van der Waals surface area contributed by atoms with Gasteiger partial charge >= 0.3 is 167 Å². The molecule has 1 nitrogen and oxygen atoms in total. The van der Waals surface area contributed by atoms with Gasteiger partial charge in [-0.2, -0.15) is 0 Å². The number of ketones is 1.